The maximum Gasteiger partial charge on any atom is 0.328 e. The van der Waals surface area contributed by atoms with Gasteiger partial charge in [0.05, 0.1) is 38.6 Å². The molecule has 1 aliphatic heterocycles. The van der Waals surface area contributed by atoms with E-state index in [0.29, 0.717) is 5.56 Å². The van der Waals surface area contributed by atoms with Crippen molar-refractivity contribution in [2.75, 3.05) is 27.4 Å². The number of phenolic OH excluding ortho intramolecular Hbond substituents is 2. The molecule has 0 aromatic heterocycles. The fraction of sp³-hybridized carbons (Fsp3) is 0.667. The first-order chi connectivity index (χ1) is 20.2. The normalized spacial score (nSPS) is 25.6. The zero-order valence-electron chi connectivity index (χ0n) is 24.6. The molecular weight excluding hydrogens is 576 g/mol. The molecule has 244 valence electrons. The molecule has 0 aliphatic carbocycles. The number of aliphatic hydroxyl groups is 4. The first-order valence-corrected chi connectivity index (χ1v) is 13.5. The van der Waals surface area contributed by atoms with Crippen LogP contribution in [0.3, 0.4) is 0 Å². The van der Waals surface area contributed by atoms with E-state index in [2.05, 4.69) is 10.6 Å². The number of aromatic hydroxyl groups is 2. The largest absolute Gasteiger partial charge is 0.504 e. The van der Waals surface area contributed by atoms with Gasteiger partial charge in [0.1, 0.15) is 30.5 Å². The van der Waals surface area contributed by atoms with E-state index in [0.717, 1.165) is 7.11 Å². The summed E-state index contributed by atoms with van der Waals surface area (Å²) in [6.45, 7) is 3.37. The Hall–Kier alpha value is -3.09. The van der Waals surface area contributed by atoms with Crippen LogP contribution in [0.2, 0.25) is 0 Å². The summed E-state index contributed by atoms with van der Waals surface area (Å²) in [4.78, 5) is 37.6. The predicted octanol–water partition coefficient (Wildman–Crippen LogP) is -2.57. The van der Waals surface area contributed by atoms with E-state index in [1.165, 1.54) is 39.2 Å². The molecule has 0 bridgehead atoms. The maximum absolute atomic E-state index is 13.3. The fourth-order valence-corrected chi connectivity index (χ4v) is 4.40. The van der Waals surface area contributed by atoms with Gasteiger partial charge in [-0.1, -0.05) is 6.07 Å². The smallest absolute Gasteiger partial charge is 0.328 e. The molecule has 43 heavy (non-hydrogen) atoms. The van der Waals surface area contributed by atoms with Gasteiger partial charge in [-0.2, -0.15) is 0 Å². The van der Waals surface area contributed by atoms with Crippen molar-refractivity contribution in [2.24, 2.45) is 0 Å². The third-order valence-corrected chi connectivity index (χ3v) is 6.86. The topological polar surface area (TPSA) is 243 Å². The molecule has 2 rings (SSSR count). The van der Waals surface area contributed by atoms with Gasteiger partial charge in [-0.15, -0.1) is 0 Å². The lowest BCUT2D eigenvalue weighted by atomic mass is 9.97. The molecule has 16 nitrogen and oxygen atoms in total. The van der Waals surface area contributed by atoms with Crippen LogP contribution in [0.5, 0.6) is 11.5 Å². The van der Waals surface area contributed by atoms with Gasteiger partial charge in [-0.25, -0.2) is 4.79 Å². The summed E-state index contributed by atoms with van der Waals surface area (Å²) in [7, 11) is 2.28. The molecule has 1 aromatic carbocycles. The summed E-state index contributed by atoms with van der Waals surface area (Å²) in [5.74, 6) is -3.04. The number of rotatable bonds is 15. The summed E-state index contributed by atoms with van der Waals surface area (Å²) in [5, 5.41) is 65.0. The molecule has 1 aromatic rings. The number of hydrogen-bond donors (Lipinski definition) is 8. The summed E-state index contributed by atoms with van der Waals surface area (Å²) >= 11 is 0. The highest BCUT2D eigenvalue weighted by Crippen LogP contribution is 2.27. The van der Waals surface area contributed by atoms with Crippen molar-refractivity contribution in [1.29, 1.82) is 0 Å². The monoisotopic (exact) mass is 618 g/mol. The van der Waals surface area contributed by atoms with Crippen LogP contribution < -0.4 is 10.6 Å². The standard InChI is InChI=1S/C27H42N2O14/c1-12(31)20(10-30)42-13(2)17(28-14(3)32)11-41-27-22(36)21(35)23(39-4)24(43-27)25(37)29-16(26(38)40-5)8-15-6-7-18(33)19(34)9-15/h6-7,9,12-13,16-17,20-24,27,30-31,33-36H,8,10-11H2,1-5H3,(H,28,32)(H,29,37)/t12-,13?,16?,17-,20?,21?,22?,23?,24?,27?/m0/s1. The van der Waals surface area contributed by atoms with Crippen LogP contribution in [0.1, 0.15) is 26.3 Å². The number of methoxy groups -OCH3 is 2. The van der Waals surface area contributed by atoms with Gasteiger partial charge in [0.2, 0.25) is 5.91 Å². The van der Waals surface area contributed by atoms with Crippen LogP contribution in [-0.4, -0.2) is 137 Å². The van der Waals surface area contributed by atoms with Gasteiger partial charge in [-0.05, 0) is 31.5 Å². The molecule has 1 heterocycles. The zero-order valence-corrected chi connectivity index (χ0v) is 24.6. The molecule has 0 radical (unpaired) electrons. The van der Waals surface area contributed by atoms with Crippen molar-refractivity contribution >= 4 is 17.8 Å². The number of benzene rings is 1. The van der Waals surface area contributed by atoms with E-state index in [1.807, 2.05) is 0 Å². The van der Waals surface area contributed by atoms with Crippen molar-refractivity contribution in [3.63, 3.8) is 0 Å². The quantitative estimate of drug-likeness (QED) is 0.0744. The van der Waals surface area contributed by atoms with Crippen LogP contribution in [0, 0.1) is 0 Å². The number of carbonyl (C=O) groups excluding carboxylic acids is 3. The van der Waals surface area contributed by atoms with Crippen molar-refractivity contribution in [3.05, 3.63) is 23.8 Å². The molecular formula is C27H42N2O14. The molecule has 8 N–H and O–H groups in total. The van der Waals surface area contributed by atoms with Crippen LogP contribution in [0.25, 0.3) is 0 Å². The second kappa shape index (κ2) is 16.7. The van der Waals surface area contributed by atoms with E-state index in [4.69, 9.17) is 23.7 Å². The van der Waals surface area contributed by atoms with E-state index < -0.39 is 91.2 Å². The van der Waals surface area contributed by atoms with E-state index in [9.17, 15) is 45.0 Å². The Labute approximate surface area is 248 Å². The second-order valence-electron chi connectivity index (χ2n) is 10.2. The van der Waals surface area contributed by atoms with Gasteiger partial charge >= 0.3 is 5.97 Å². The van der Waals surface area contributed by atoms with Crippen LogP contribution in [0.4, 0.5) is 0 Å². The average molecular weight is 619 g/mol. The third kappa shape index (κ3) is 9.97. The molecule has 1 saturated heterocycles. The van der Waals surface area contributed by atoms with Gasteiger partial charge in [0.15, 0.2) is 23.9 Å². The van der Waals surface area contributed by atoms with E-state index in [1.54, 1.807) is 6.92 Å². The minimum absolute atomic E-state index is 0.153. The number of amides is 2. The molecule has 1 aliphatic rings. The number of phenols is 2. The van der Waals surface area contributed by atoms with Crippen molar-refractivity contribution in [2.45, 2.75) is 88.3 Å². The van der Waals surface area contributed by atoms with Gasteiger partial charge in [0.25, 0.3) is 5.91 Å². The van der Waals surface area contributed by atoms with E-state index >= 15 is 0 Å². The molecule has 8 unspecified atom stereocenters. The molecule has 0 spiro atoms. The average Bonchev–Trinajstić information content (AvgIpc) is 2.96. The van der Waals surface area contributed by atoms with Crippen LogP contribution >= 0.6 is 0 Å². The Kier molecular flexibility index (Phi) is 14.0. The molecule has 1 fully saturated rings. The highest BCUT2D eigenvalue weighted by Gasteiger charge is 2.49. The first-order valence-electron chi connectivity index (χ1n) is 13.5. The predicted molar refractivity (Wildman–Crippen MR) is 146 cm³/mol. The number of aliphatic hydroxyl groups excluding tert-OH is 4. The highest BCUT2D eigenvalue weighted by molar-refractivity contribution is 5.87. The minimum atomic E-state index is -1.71. The Bertz CT molecular complexity index is 1070. The Morgan fingerprint density at radius 2 is 1.72 bits per heavy atom. The Morgan fingerprint density at radius 3 is 2.26 bits per heavy atom. The molecule has 16 heteroatoms. The fourth-order valence-electron chi connectivity index (χ4n) is 4.40. The van der Waals surface area contributed by atoms with Crippen molar-refractivity contribution < 1.29 is 68.7 Å². The number of ether oxygens (including phenoxy) is 5. The summed E-state index contributed by atoms with van der Waals surface area (Å²) < 4.78 is 27.0. The van der Waals surface area contributed by atoms with Gasteiger partial charge in [0, 0.05) is 20.5 Å². The maximum atomic E-state index is 13.3. The Balaban J connectivity index is 2.21. The van der Waals surface area contributed by atoms with Crippen molar-refractivity contribution in [1.82, 2.24) is 10.6 Å². The SMILES string of the molecule is COC(=O)C(Cc1ccc(O)c(O)c1)NC(=O)C1OC(OC[C@H](NC(C)=O)C(C)OC(CO)[C@H](C)O)C(O)C(O)C1OC. The van der Waals surface area contributed by atoms with Crippen LogP contribution in [-0.2, 0) is 44.5 Å². The van der Waals surface area contributed by atoms with Gasteiger partial charge < -0.3 is 65.0 Å². The summed E-state index contributed by atoms with van der Waals surface area (Å²) in [6.07, 6.45) is -11.0. The van der Waals surface area contributed by atoms with E-state index in [-0.39, 0.29) is 18.8 Å². The number of carbonyl (C=O) groups is 3. The second-order valence-corrected chi connectivity index (χ2v) is 10.2. The first kappa shape index (κ1) is 36.1. The van der Waals surface area contributed by atoms with Crippen molar-refractivity contribution in [3.8, 4) is 11.5 Å². The van der Waals surface area contributed by atoms with Crippen LogP contribution in [0.15, 0.2) is 18.2 Å². The number of hydrogen-bond acceptors (Lipinski definition) is 14. The summed E-state index contributed by atoms with van der Waals surface area (Å²) in [6, 6.07) is 1.67. The van der Waals surface area contributed by atoms with Gasteiger partial charge in [-0.3, -0.25) is 9.59 Å². The third-order valence-electron chi connectivity index (χ3n) is 6.86. The number of esters is 1. The lowest BCUT2D eigenvalue weighted by Crippen LogP contribution is -2.64. The zero-order chi connectivity index (χ0) is 32.4. The minimum Gasteiger partial charge on any atom is -0.504 e. The molecule has 10 atom stereocenters. The highest BCUT2D eigenvalue weighted by atomic mass is 16.7. The molecule has 2 amide bonds. The summed E-state index contributed by atoms with van der Waals surface area (Å²) in [5.41, 5.74) is 0.370. The lowest BCUT2D eigenvalue weighted by molar-refractivity contribution is -0.296. The molecule has 0 saturated carbocycles. The lowest BCUT2D eigenvalue weighted by Gasteiger charge is -2.41. The number of nitrogens with one attached hydrogen (secondary N) is 2. The Morgan fingerprint density at radius 1 is 1.05 bits per heavy atom.